The van der Waals surface area contributed by atoms with Gasteiger partial charge in [-0.1, -0.05) is 0 Å². The lowest BCUT2D eigenvalue weighted by atomic mass is 10.2. The third-order valence-electron chi connectivity index (χ3n) is 2.35. The van der Waals surface area contributed by atoms with E-state index < -0.39 is 28.1 Å². The Hall–Kier alpha value is -0.820. The van der Waals surface area contributed by atoms with Gasteiger partial charge in [0.15, 0.2) is 9.84 Å². The standard InChI is InChI=1S/C8H15NO5S/c1-3-14-8(11)9(2)6-4-15(12,13)5-7(6)10/h6-7,10H,3-5H2,1-2H3. The normalized spacial score (nSPS) is 28.7. The Morgan fingerprint density at radius 2 is 2.13 bits per heavy atom. The topological polar surface area (TPSA) is 83.9 Å². The van der Waals surface area contributed by atoms with E-state index in [9.17, 15) is 18.3 Å². The molecule has 1 fully saturated rings. The van der Waals surface area contributed by atoms with E-state index in [2.05, 4.69) is 0 Å². The van der Waals surface area contributed by atoms with Gasteiger partial charge in [-0.3, -0.25) is 0 Å². The summed E-state index contributed by atoms with van der Waals surface area (Å²) in [6.45, 7) is 1.88. The van der Waals surface area contributed by atoms with Crippen LogP contribution in [0.1, 0.15) is 6.92 Å². The minimum atomic E-state index is -3.24. The van der Waals surface area contributed by atoms with Gasteiger partial charge in [0.2, 0.25) is 0 Å². The van der Waals surface area contributed by atoms with Crippen LogP contribution in [0, 0.1) is 0 Å². The third kappa shape index (κ3) is 2.82. The Balaban J connectivity index is 2.69. The van der Waals surface area contributed by atoms with Crippen LogP contribution >= 0.6 is 0 Å². The SMILES string of the molecule is CCOC(=O)N(C)C1CS(=O)(=O)CC1O. The first-order valence-electron chi connectivity index (χ1n) is 4.65. The Kier molecular flexibility index (Phi) is 3.56. The fraction of sp³-hybridized carbons (Fsp3) is 0.875. The summed E-state index contributed by atoms with van der Waals surface area (Å²) in [7, 11) is -1.81. The number of nitrogens with zero attached hydrogens (tertiary/aromatic N) is 1. The van der Waals surface area contributed by atoms with Crippen molar-refractivity contribution in [3.05, 3.63) is 0 Å². The summed E-state index contributed by atoms with van der Waals surface area (Å²) >= 11 is 0. The van der Waals surface area contributed by atoms with Crippen LogP contribution in [0.4, 0.5) is 4.79 Å². The zero-order chi connectivity index (χ0) is 11.6. The molecule has 0 aromatic carbocycles. The molecule has 1 rings (SSSR count). The Labute approximate surface area is 88.7 Å². The van der Waals surface area contributed by atoms with E-state index in [1.165, 1.54) is 7.05 Å². The molecule has 0 aliphatic carbocycles. The molecule has 1 N–H and O–H groups in total. The summed E-state index contributed by atoms with van der Waals surface area (Å²) in [5, 5.41) is 9.48. The number of rotatable bonds is 2. The van der Waals surface area contributed by atoms with Crippen molar-refractivity contribution >= 4 is 15.9 Å². The number of likely N-dealkylation sites (N-methyl/N-ethyl adjacent to an activating group) is 1. The molecule has 0 saturated carbocycles. The van der Waals surface area contributed by atoms with Gasteiger partial charge in [-0.15, -0.1) is 0 Å². The molecular formula is C8H15NO5S. The molecule has 15 heavy (non-hydrogen) atoms. The largest absolute Gasteiger partial charge is 0.450 e. The van der Waals surface area contributed by atoms with Crippen molar-refractivity contribution in [1.29, 1.82) is 0 Å². The molecule has 1 amide bonds. The van der Waals surface area contributed by atoms with Gasteiger partial charge in [-0.25, -0.2) is 13.2 Å². The molecule has 7 heteroatoms. The van der Waals surface area contributed by atoms with Crippen molar-refractivity contribution in [2.24, 2.45) is 0 Å². The molecule has 0 bridgehead atoms. The zero-order valence-electron chi connectivity index (χ0n) is 8.71. The quantitative estimate of drug-likeness (QED) is 0.682. The average Bonchev–Trinajstić information content (AvgIpc) is 2.39. The van der Waals surface area contributed by atoms with Gasteiger partial charge in [0, 0.05) is 7.05 Å². The summed E-state index contributed by atoms with van der Waals surface area (Å²) < 4.78 is 27.1. The molecule has 0 spiro atoms. The maximum absolute atomic E-state index is 11.3. The van der Waals surface area contributed by atoms with Crippen LogP contribution in [-0.4, -0.2) is 61.8 Å². The number of ether oxygens (including phenoxy) is 1. The molecular weight excluding hydrogens is 222 g/mol. The summed E-state index contributed by atoms with van der Waals surface area (Å²) in [4.78, 5) is 12.4. The first kappa shape index (κ1) is 12.3. The number of hydrogen-bond donors (Lipinski definition) is 1. The van der Waals surface area contributed by atoms with E-state index in [1.807, 2.05) is 0 Å². The van der Waals surface area contributed by atoms with Crippen LogP contribution in [0.3, 0.4) is 0 Å². The Morgan fingerprint density at radius 1 is 1.53 bits per heavy atom. The van der Waals surface area contributed by atoms with E-state index in [-0.39, 0.29) is 18.1 Å². The highest BCUT2D eigenvalue weighted by Crippen LogP contribution is 2.17. The van der Waals surface area contributed by atoms with Gasteiger partial charge in [0.25, 0.3) is 0 Å². The number of aliphatic hydroxyl groups is 1. The van der Waals surface area contributed by atoms with Gasteiger partial charge < -0.3 is 14.7 Å². The highest BCUT2D eigenvalue weighted by Gasteiger charge is 2.40. The number of aliphatic hydroxyl groups excluding tert-OH is 1. The van der Waals surface area contributed by atoms with Crippen molar-refractivity contribution in [1.82, 2.24) is 4.90 Å². The zero-order valence-corrected chi connectivity index (χ0v) is 9.53. The van der Waals surface area contributed by atoms with Crippen LogP contribution in [-0.2, 0) is 14.6 Å². The van der Waals surface area contributed by atoms with Gasteiger partial charge in [0.05, 0.1) is 30.3 Å². The van der Waals surface area contributed by atoms with Crippen molar-refractivity contribution in [3.63, 3.8) is 0 Å². The van der Waals surface area contributed by atoms with Crippen LogP contribution in [0.2, 0.25) is 0 Å². The lowest BCUT2D eigenvalue weighted by Gasteiger charge is -2.24. The summed E-state index contributed by atoms with van der Waals surface area (Å²) in [6, 6.07) is -0.700. The number of carbonyl (C=O) groups excluding carboxylic acids is 1. The molecule has 1 saturated heterocycles. The fourth-order valence-electron chi connectivity index (χ4n) is 1.54. The lowest BCUT2D eigenvalue weighted by molar-refractivity contribution is 0.0683. The molecule has 2 unspecified atom stereocenters. The van der Waals surface area contributed by atoms with Gasteiger partial charge in [-0.2, -0.15) is 0 Å². The molecule has 1 aliphatic rings. The van der Waals surface area contributed by atoms with Crippen molar-refractivity contribution in [2.45, 2.75) is 19.1 Å². The van der Waals surface area contributed by atoms with Crippen molar-refractivity contribution in [3.8, 4) is 0 Å². The average molecular weight is 237 g/mol. The predicted molar refractivity (Wildman–Crippen MR) is 53.2 cm³/mol. The predicted octanol–water partition coefficient (Wildman–Crippen LogP) is -0.767. The van der Waals surface area contributed by atoms with Crippen molar-refractivity contribution < 1.29 is 23.1 Å². The van der Waals surface area contributed by atoms with E-state index in [0.717, 1.165) is 4.90 Å². The summed E-state index contributed by atoms with van der Waals surface area (Å²) in [6.07, 6.45) is -1.64. The number of amides is 1. The molecule has 0 radical (unpaired) electrons. The first-order chi connectivity index (χ1) is 6.87. The van der Waals surface area contributed by atoms with E-state index in [0.29, 0.717) is 0 Å². The van der Waals surface area contributed by atoms with Gasteiger partial charge >= 0.3 is 6.09 Å². The second-order valence-corrected chi connectivity index (χ2v) is 5.68. The smallest absolute Gasteiger partial charge is 0.409 e. The highest BCUT2D eigenvalue weighted by atomic mass is 32.2. The molecule has 2 atom stereocenters. The summed E-state index contributed by atoms with van der Waals surface area (Å²) in [5.41, 5.74) is 0. The second-order valence-electron chi connectivity index (χ2n) is 3.52. The van der Waals surface area contributed by atoms with Crippen LogP contribution in [0.5, 0.6) is 0 Å². The molecule has 6 nitrogen and oxygen atoms in total. The van der Waals surface area contributed by atoms with E-state index in [1.54, 1.807) is 6.92 Å². The first-order valence-corrected chi connectivity index (χ1v) is 6.47. The minimum Gasteiger partial charge on any atom is -0.450 e. The molecule has 1 aliphatic heterocycles. The maximum Gasteiger partial charge on any atom is 0.409 e. The maximum atomic E-state index is 11.3. The number of hydrogen-bond acceptors (Lipinski definition) is 5. The molecule has 88 valence electrons. The third-order valence-corrected chi connectivity index (χ3v) is 4.05. The van der Waals surface area contributed by atoms with E-state index in [4.69, 9.17) is 4.74 Å². The Bertz CT molecular complexity index is 339. The number of sulfone groups is 1. The minimum absolute atomic E-state index is 0.205. The molecule has 1 heterocycles. The van der Waals surface area contributed by atoms with Crippen LogP contribution in [0.15, 0.2) is 0 Å². The monoisotopic (exact) mass is 237 g/mol. The van der Waals surface area contributed by atoms with Gasteiger partial charge in [-0.05, 0) is 6.92 Å². The lowest BCUT2D eigenvalue weighted by Crippen LogP contribution is -2.44. The van der Waals surface area contributed by atoms with E-state index >= 15 is 0 Å². The molecule has 0 aromatic heterocycles. The highest BCUT2D eigenvalue weighted by molar-refractivity contribution is 7.91. The number of carbonyl (C=O) groups is 1. The van der Waals surface area contributed by atoms with Gasteiger partial charge in [0.1, 0.15) is 0 Å². The fourth-order valence-corrected chi connectivity index (χ4v) is 3.39. The van der Waals surface area contributed by atoms with Crippen LogP contribution in [0.25, 0.3) is 0 Å². The summed E-state index contributed by atoms with van der Waals surface area (Å²) in [5.74, 6) is -0.495. The Morgan fingerprint density at radius 3 is 2.53 bits per heavy atom. The van der Waals surface area contributed by atoms with Crippen LogP contribution < -0.4 is 0 Å². The second kappa shape index (κ2) is 4.36. The molecule has 0 aromatic rings. The van der Waals surface area contributed by atoms with Crippen molar-refractivity contribution in [2.75, 3.05) is 25.2 Å².